The second kappa shape index (κ2) is 7.39. The Morgan fingerprint density at radius 1 is 1.16 bits per heavy atom. The molecule has 0 saturated carbocycles. The van der Waals surface area contributed by atoms with Crippen LogP contribution in [0.15, 0.2) is 54.9 Å². The quantitative estimate of drug-likeness (QED) is 0.740. The van der Waals surface area contributed by atoms with E-state index >= 15 is 0 Å². The Bertz CT molecular complexity index is 866. The van der Waals surface area contributed by atoms with Gasteiger partial charge >= 0.3 is 0 Å². The lowest BCUT2D eigenvalue weighted by molar-refractivity contribution is 0.0946. The van der Waals surface area contributed by atoms with E-state index in [1.807, 2.05) is 42.5 Å². The van der Waals surface area contributed by atoms with Crippen LogP contribution in [0, 0.1) is 0 Å². The van der Waals surface area contributed by atoms with E-state index < -0.39 is 5.91 Å². The highest BCUT2D eigenvalue weighted by Crippen LogP contribution is 2.21. The van der Waals surface area contributed by atoms with E-state index in [1.54, 1.807) is 13.3 Å². The fourth-order valence-corrected chi connectivity index (χ4v) is 2.22. The summed E-state index contributed by atoms with van der Waals surface area (Å²) in [5.74, 6) is 0.419. The second-order valence-corrected chi connectivity index (χ2v) is 5.22. The summed E-state index contributed by atoms with van der Waals surface area (Å²) >= 11 is 0. The van der Waals surface area contributed by atoms with Gasteiger partial charge in [-0.05, 0) is 36.4 Å². The molecule has 0 saturated heterocycles. The number of amides is 1. The van der Waals surface area contributed by atoms with Crippen LogP contribution in [0.3, 0.4) is 0 Å². The predicted molar refractivity (Wildman–Crippen MR) is 93.8 cm³/mol. The van der Waals surface area contributed by atoms with Gasteiger partial charge in [-0.2, -0.15) is 0 Å². The third-order valence-corrected chi connectivity index (χ3v) is 3.56. The summed E-state index contributed by atoms with van der Waals surface area (Å²) in [6, 6.07) is 12.8. The first kappa shape index (κ1) is 16.4. The zero-order valence-electron chi connectivity index (χ0n) is 13.6. The highest BCUT2D eigenvalue weighted by molar-refractivity contribution is 5.96. The number of aromatic nitrogens is 3. The Hall–Kier alpha value is -3.48. The van der Waals surface area contributed by atoms with Crippen LogP contribution < -0.4 is 15.8 Å². The Morgan fingerprint density at radius 2 is 1.96 bits per heavy atom. The molecule has 0 aliphatic carbocycles. The van der Waals surface area contributed by atoms with Crippen molar-refractivity contribution in [3.63, 3.8) is 0 Å². The number of benzene rings is 1. The van der Waals surface area contributed by atoms with Gasteiger partial charge in [-0.25, -0.2) is 9.97 Å². The van der Waals surface area contributed by atoms with Crippen LogP contribution in [0.5, 0.6) is 5.75 Å². The molecule has 3 N–H and O–H groups in total. The van der Waals surface area contributed by atoms with E-state index in [9.17, 15) is 4.79 Å². The topological polar surface area (TPSA) is 103 Å². The molecule has 0 atom stereocenters. The van der Waals surface area contributed by atoms with Gasteiger partial charge in [0.05, 0.1) is 31.2 Å². The zero-order chi connectivity index (χ0) is 17.6. The molecule has 0 aliphatic heterocycles. The molecule has 0 radical (unpaired) electrons. The van der Waals surface area contributed by atoms with Crippen molar-refractivity contribution in [3.05, 3.63) is 66.2 Å². The Labute approximate surface area is 144 Å². The maximum atomic E-state index is 12.4. The fraction of sp³-hybridized carbons (Fsp3) is 0.111. The Kier molecular flexibility index (Phi) is 4.84. The average molecular weight is 335 g/mol. The van der Waals surface area contributed by atoms with Crippen molar-refractivity contribution in [2.75, 3.05) is 12.8 Å². The molecule has 3 rings (SSSR count). The van der Waals surface area contributed by atoms with E-state index in [0.717, 1.165) is 17.0 Å². The number of nitrogens with zero attached hydrogens (tertiary/aromatic N) is 3. The summed E-state index contributed by atoms with van der Waals surface area (Å²) in [6.07, 6.45) is 3.20. The third-order valence-electron chi connectivity index (χ3n) is 3.56. The molecule has 1 aromatic carbocycles. The Balaban J connectivity index is 1.79. The van der Waals surface area contributed by atoms with Gasteiger partial charge in [-0.3, -0.25) is 9.78 Å². The number of nitrogen functional groups attached to an aromatic ring is 1. The van der Waals surface area contributed by atoms with Crippen LogP contribution in [0.4, 0.5) is 5.82 Å². The molecule has 7 heteroatoms. The minimum absolute atomic E-state index is 0.0794. The zero-order valence-corrected chi connectivity index (χ0v) is 13.6. The van der Waals surface area contributed by atoms with E-state index in [1.165, 1.54) is 6.20 Å². The van der Waals surface area contributed by atoms with E-state index in [2.05, 4.69) is 20.3 Å². The lowest BCUT2D eigenvalue weighted by Crippen LogP contribution is -2.26. The number of ether oxygens (including phenoxy) is 1. The first-order valence-electron chi connectivity index (χ1n) is 7.62. The molecule has 0 unspecified atom stereocenters. The van der Waals surface area contributed by atoms with E-state index in [0.29, 0.717) is 5.69 Å². The number of anilines is 1. The largest absolute Gasteiger partial charge is 0.497 e. The van der Waals surface area contributed by atoms with Crippen LogP contribution in [0.25, 0.3) is 11.3 Å². The van der Waals surface area contributed by atoms with Gasteiger partial charge in [0.25, 0.3) is 5.91 Å². The van der Waals surface area contributed by atoms with Crippen LogP contribution in [-0.4, -0.2) is 28.0 Å². The number of nitrogens with two attached hydrogens (primary N) is 1. The van der Waals surface area contributed by atoms with Crippen molar-refractivity contribution in [1.29, 1.82) is 0 Å². The molecule has 3 aromatic rings. The van der Waals surface area contributed by atoms with Crippen molar-refractivity contribution < 1.29 is 9.53 Å². The summed E-state index contributed by atoms with van der Waals surface area (Å²) in [5, 5.41) is 2.75. The average Bonchev–Trinajstić information content (AvgIpc) is 2.67. The number of hydrogen-bond donors (Lipinski definition) is 2. The minimum atomic E-state index is -0.397. The summed E-state index contributed by atoms with van der Waals surface area (Å²) in [4.78, 5) is 25.0. The normalized spacial score (nSPS) is 10.3. The number of carbonyl (C=O) groups is 1. The molecule has 1 amide bonds. The molecule has 2 heterocycles. The third kappa shape index (κ3) is 3.89. The molecule has 0 fully saturated rings. The number of nitrogens with one attached hydrogen (secondary N) is 1. The number of rotatable bonds is 5. The lowest BCUT2D eigenvalue weighted by atomic mass is 10.1. The molecular weight excluding hydrogens is 318 g/mol. The number of pyridine rings is 1. The van der Waals surface area contributed by atoms with E-state index in [4.69, 9.17) is 10.5 Å². The van der Waals surface area contributed by atoms with Crippen molar-refractivity contribution in [2.45, 2.75) is 6.54 Å². The monoisotopic (exact) mass is 335 g/mol. The van der Waals surface area contributed by atoms with Crippen LogP contribution in [0.1, 0.15) is 16.2 Å². The number of hydrogen-bond acceptors (Lipinski definition) is 6. The van der Waals surface area contributed by atoms with Gasteiger partial charge in [0, 0.05) is 11.8 Å². The van der Waals surface area contributed by atoms with Crippen molar-refractivity contribution >= 4 is 11.7 Å². The van der Waals surface area contributed by atoms with Crippen molar-refractivity contribution in [1.82, 2.24) is 20.3 Å². The predicted octanol–water partition coefficient (Wildman–Crippen LogP) is 2.06. The smallest absolute Gasteiger partial charge is 0.274 e. The molecule has 2 aromatic heterocycles. The lowest BCUT2D eigenvalue weighted by Gasteiger charge is -2.08. The van der Waals surface area contributed by atoms with Crippen molar-refractivity contribution in [3.8, 4) is 17.0 Å². The maximum absolute atomic E-state index is 12.4. The van der Waals surface area contributed by atoms with Gasteiger partial charge in [-0.1, -0.05) is 6.07 Å². The van der Waals surface area contributed by atoms with Crippen LogP contribution in [0.2, 0.25) is 0 Å². The van der Waals surface area contributed by atoms with Gasteiger partial charge < -0.3 is 15.8 Å². The molecule has 0 spiro atoms. The van der Waals surface area contributed by atoms with Crippen LogP contribution in [-0.2, 0) is 6.54 Å². The second-order valence-electron chi connectivity index (χ2n) is 5.22. The molecule has 7 nitrogen and oxygen atoms in total. The first-order valence-corrected chi connectivity index (χ1v) is 7.62. The van der Waals surface area contributed by atoms with Gasteiger partial charge in [0.2, 0.25) is 0 Å². The van der Waals surface area contributed by atoms with Gasteiger partial charge in [0.15, 0.2) is 11.5 Å². The molecular formula is C18H17N5O2. The molecule has 0 aliphatic rings. The molecule has 0 bridgehead atoms. The SMILES string of the molecule is COc1ccc(-c2cnc(N)c(C(=O)NCc3ccccn3)n2)cc1. The van der Waals surface area contributed by atoms with E-state index in [-0.39, 0.29) is 18.1 Å². The standard InChI is InChI=1S/C18H17N5O2/c1-25-14-7-5-12(6-8-14)15-11-21-17(19)16(23-15)18(24)22-10-13-4-2-3-9-20-13/h2-9,11H,10H2,1H3,(H2,19,21)(H,22,24). The Morgan fingerprint density at radius 3 is 2.64 bits per heavy atom. The fourth-order valence-electron chi connectivity index (χ4n) is 2.22. The first-order chi connectivity index (χ1) is 12.2. The molecule has 25 heavy (non-hydrogen) atoms. The summed E-state index contributed by atoms with van der Waals surface area (Å²) in [7, 11) is 1.60. The summed E-state index contributed by atoms with van der Waals surface area (Å²) < 4.78 is 5.13. The number of carbonyl (C=O) groups excluding carboxylic acids is 1. The molecule has 126 valence electrons. The van der Waals surface area contributed by atoms with Gasteiger partial charge in [-0.15, -0.1) is 0 Å². The number of methoxy groups -OCH3 is 1. The van der Waals surface area contributed by atoms with Crippen molar-refractivity contribution in [2.24, 2.45) is 0 Å². The minimum Gasteiger partial charge on any atom is -0.497 e. The highest BCUT2D eigenvalue weighted by Gasteiger charge is 2.14. The van der Waals surface area contributed by atoms with Gasteiger partial charge in [0.1, 0.15) is 5.75 Å². The summed E-state index contributed by atoms with van der Waals surface area (Å²) in [6.45, 7) is 0.285. The maximum Gasteiger partial charge on any atom is 0.274 e. The highest BCUT2D eigenvalue weighted by atomic mass is 16.5. The van der Waals surface area contributed by atoms with Crippen LogP contribution >= 0.6 is 0 Å². The summed E-state index contributed by atoms with van der Waals surface area (Å²) in [5.41, 5.74) is 8.01.